The maximum Gasteiger partial charge on any atom is 0.196 e. The number of nitrogens with one attached hydrogen (secondary N) is 1. The maximum atomic E-state index is 9.34. The van der Waals surface area contributed by atoms with Crippen molar-refractivity contribution < 1.29 is 9.84 Å². The Morgan fingerprint density at radius 1 is 1.20 bits per heavy atom. The van der Waals surface area contributed by atoms with Crippen LogP contribution in [0.25, 0.3) is 11.3 Å². The molecule has 124 valence electrons. The first-order chi connectivity index (χ1) is 12.2. The lowest BCUT2D eigenvalue weighted by atomic mass is 10.2. The molecule has 0 aliphatic heterocycles. The van der Waals surface area contributed by atoms with Gasteiger partial charge in [-0.1, -0.05) is 0 Å². The van der Waals surface area contributed by atoms with E-state index in [1.54, 1.807) is 19.2 Å². The number of phenolic OH excluding ortho intramolecular Hbond substituents is 1. The van der Waals surface area contributed by atoms with Crippen molar-refractivity contribution in [1.29, 1.82) is 5.26 Å². The van der Waals surface area contributed by atoms with Crippen LogP contribution in [0.1, 0.15) is 5.01 Å². The van der Waals surface area contributed by atoms with Crippen molar-refractivity contribution in [3.05, 3.63) is 58.9 Å². The van der Waals surface area contributed by atoms with Crippen LogP contribution in [0.2, 0.25) is 0 Å². The molecular formula is C18H14N4O2S. The Morgan fingerprint density at radius 3 is 2.56 bits per heavy atom. The molecule has 0 unspecified atom stereocenters. The molecule has 0 fully saturated rings. The summed E-state index contributed by atoms with van der Waals surface area (Å²) in [5.41, 5.74) is 5.36. The first kappa shape index (κ1) is 16.5. The van der Waals surface area contributed by atoms with Crippen LogP contribution in [-0.2, 0) is 0 Å². The standard InChI is InChI=1S/C18H14N4O2S/c1-24-15-8-2-12(3-9-15)17-11-25-18(20-17)16(10-19)22-21-13-4-6-14(23)7-5-13/h2-9,11,21,23H,1H3. The van der Waals surface area contributed by atoms with Crippen molar-refractivity contribution >= 4 is 22.7 Å². The minimum Gasteiger partial charge on any atom is -0.508 e. The van der Waals surface area contributed by atoms with Gasteiger partial charge in [-0.2, -0.15) is 10.4 Å². The summed E-state index contributed by atoms with van der Waals surface area (Å²) in [5, 5.41) is 25.1. The number of hydrogen-bond acceptors (Lipinski definition) is 7. The Hall–Kier alpha value is -3.37. The van der Waals surface area contributed by atoms with Gasteiger partial charge in [-0.25, -0.2) is 4.98 Å². The number of phenols is 1. The zero-order valence-electron chi connectivity index (χ0n) is 13.3. The van der Waals surface area contributed by atoms with Gasteiger partial charge in [0.15, 0.2) is 10.7 Å². The van der Waals surface area contributed by atoms with E-state index in [1.165, 1.54) is 23.5 Å². The molecule has 0 bridgehead atoms. The van der Waals surface area contributed by atoms with Crippen LogP contribution in [0.3, 0.4) is 0 Å². The molecule has 0 radical (unpaired) electrons. The fraction of sp³-hybridized carbons (Fsp3) is 0.0556. The van der Waals surface area contributed by atoms with E-state index < -0.39 is 0 Å². The predicted octanol–water partition coefficient (Wildman–Crippen LogP) is 3.86. The second-order valence-electron chi connectivity index (χ2n) is 5.00. The molecule has 0 atom stereocenters. The third kappa shape index (κ3) is 3.94. The van der Waals surface area contributed by atoms with Crippen molar-refractivity contribution in [2.45, 2.75) is 0 Å². The smallest absolute Gasteiger partial charge is 0.196 e. The van der Waals surface area contributed by atoms with Crippen LogP contribution in [0, 0.1) is 11.3 Å². The lowest BCUT2D eigenvalue weighted by Gasteiger charge is -2.01. The lowest BCUT2D eigenvalue weighted by molar-refractivity contribution is 0.415. The minimum atomic E-state index is 0.166. The van der Waals surface area contributed by atoms with Gasteiger partial charge >= 0.3 is 0 Å². The van der Waals surface area contributed by atoms with Crippen LogP contribution < -0.4 is 10.2 Å². The number of hydrazone groups is 1. The number of benzene rings is 2. The largest absolute Gasteiger partial charge is 0.508 e. The molecule has 6 nitrogen and oxygen atoms in total. The Bertz CT molecular complexity index is 925. The van der Waals surface area contributed by atoms with Crippen LogP contribution in [0.15, 0.2) is 59.0 Å². The van der Waals surface area contributed by atoms with E-state index in [2.05, 4.69) is 15.5 Å². The summed E-state index contributed by atoms with van der Waals surface area (Å²) in [4.78, 5) is 4.48. The molecule has 2 aromatic carbocycles. The van der Waals surface area contributed by atoms with E-state index in [4.69, 9.17) is 4.74 Å². The number of rotatable bonds is 5. The molecule has 0 aliphatic rings. The van der Waals surface area contributed by atoms with Gasteiger partial charge in [0.1, 0.15) is 17.6 Å². The molecule has 0 saturated heterocycles. The average Bonchev–Trinajstić information content (AvgIpc) is 3.14. The van der Waals surface area contributed by atoms with Gasteiger partial charge in [0.05, 0.1) is 18.5 Å². The lowest BCUT2D eigenvalue weighted by Crippen LogP contribution is -2.01. The topological polar surface area (TPSA) is 90.5 Å². The van der Waals surface area contributed by atoms with Gasteiger partial charge in [0.25, 0.3) is 0 Å². The number of hydrogen-bond donors (Lipinski definition) is 2. The van der Waals surface area contributed by atoms with Gasteiger partial charge in [-0.3, -0.25) is 5.43 Å². The second-order valence-corrected chi connectivity index (χ2v) is 5.86. The van der Waals surface area contributed by atoms with E-state index in [0.717, 1.165) is 17.0 Å². The van der Waals surface area contributed by atoms with E-state index in [9.17, 15) is 10.4 Å². The molecule has 25 heavy (non-hydrogen) atoms. The number of nitriles is 1. The SMILES string of the molecule is COc1ccc(-c2csc(C(C#N)=NNc3ccc(O)cc3)n2)cc1. The fourth-order valence-electron chi connectivity index (χ4n) is 2.05. The molecule has 0 saturated carbocycles. The quantitative estimate of drug-likeness (QED) is 0.414. The average molecular weight is 350 g/mol. The zero-order chi connectivity index (χ0) is 17.6. The highest BCUT2D eigenvalue weighted by Crippen LogP contribution is 2.24. The molecule has 1 aromatic heterocycles. The van der Waals surface area contributed by atoms with Crippen LogP contribution in [0.5, 0.6) is 11.5 Å². The van der Waals surface area contributed by atoms with Crippen molar-refractivity contribution in [2.24, 2.45) is 5.10 Å². The van der Waals surface area contributed by atoms with Crippen LogP contribution in [0.4, 0.5) is 5.69 Å². The Labute approximate surface area is 148 Å². The molecule has 3 rings (SSSR count). The van der Waals surface area contributed by atoms with Crippen LogP contribution in [-0.4, -0.2) is 22.9 Å². The Morgan fingerprint density at radius 2 is 1.92 bits per heavy atom. The normalized spacial score (nSPS) is 11.0. The highest BCUT2D eigenvalue weighted by atomic mass is 32.1. The fourth-order valence-corrected chi connectivity index (χ4v) is 2.82. The molecule has 1 heterocycles. The predicted molar refractivity (Wildman–Crippen MR) is 98.0 cm³/mol. The van der Waals surface area contributed by atoms with Gasteiger partial charge in [0, 0.05) is 10.9 Å². The number of aromatic nitrogens is 1. The zero-order valence-corrected chi connectivity index (χ0v) is 14.1. The Kier molecular flexibility index (Phi) is 4.92. The summed E-state index contributed by atoms with van der Waals surface area (Å²) in [6, 6.07) is 16.0. The summed E-state index contributed by atoms with van der Waals surface area (Å²) in [6.45, 7) is 0. The summed E-state index contributed by atoms with van der Waals surface area (Å²) in [6.07, 6.45) is 0. The first-order valence-electron chi connectivity index (χ1n) is 7.33. The molecule has 7 heteroatoms. The van der Waals surface area contributed by atoms with E-state index in [0.29, 0.717) is 10.7 Å². The molecule has 0 aliphatic carbocycles. The van der Waals surface area contributed by atoms with Crippen LogP contribution >= 0.6 is 11.3 Å². The number of ether oxygens (including phenoxy) is 1. The van der Waals surface area contributed by atoms with Crippen molar-refractivity contribution in [2.75, 3.05) is 12.5 Å². The third-order valence-corrected chi connectivity index (χ3v) is 4.21. The molecule has 3 aromatic rings. The second kappa shape index (κ2) is 7.47. The van der Waals surface area contributed by atoms with E-state index in [-0.39, 0.29) is 11.5 Å². The number of methoxy groups -OCH3 is 1. The van der Waals surface area contributed by atoms with E-state index in [1.807, 2.05) is 35.7 Å². The highest BCUT2D eigenvalue weighted by molar-refractivity contribution is 7.12. The van der Waals surface area contributed by atoms with Crippen molar-refractivity contribution in [3.8, 4) is 28.8 Å². The number of aromatic hydroxyl groups is 1. The number of anilines is 1. The summed E-state index contributed by atoms with van der Waals surface area (Å²) in [7, 11) is 1.62. The number of nitrogens with zero attached hydrogens (tertiary/aromatic N) is 3. The summed E-state index contributed by atoms with van der Waals surface area (Å²) >= 11 is 1.35. The molecule has 2 N–H and O–H groups in total. The van der Waals surface area contributed by atoms with Crippen molar-refractivity contribution in [3.63, 3.8) is 0 Å². The minimum absolute atomic E-state index is 0.166. The number of thiazole rings is 1. The first-order valence-corrected chi connectivity index (χ1v) is 8.20. The monoisotopic (exact) mass is 350 g/mol. The summed E-state index contributed by atoms with van der Waals surface area (Å²) < 4.78 is 5.14. The van der Waals surface area contributed by atoms with Crippen molar-refractivity contribution in [1.82, 2.24) is 4.98 Å². The van der Waals surface area contributed by atoms with Gasteiger partial charge in [-0.15, -0.1) is 11.3 Å². The van der Waals surface area contributed by atoms with Gasteiger partial charge in [-0.05, 0) is 48.5 Å². The molecule has 0 spiro atoms. The van der Waals surface area contributed by atoms with E-state index >= 15 is 0 Å². The summed E-state index contributed by atoms with van der Waals surface area (Å²) in [5.74, 6) is 0.940. The molecule has 0 amide bonds. The maximum absolute atomic E-state index is 9.34. The molecular weight excluding hydrogens is 336 g/mol. The highest BCUT2D eigenvalue weighted by Gasteiger charge is 2.10. The Balaban J connectivity index is 1.79. The van der Waals surface area contributed by atoms with Gasteiger partial charge in [0.2, 0.25) is 0 Å². The van der Waals surface area contributed by atoms with Gasteiger partial charge < -0.3 is 9.84 Å². The third-order valence-electron chi connectivity index (χ3n) is 3.36.